The van der Waals surface area contributed by atoms with E-state index < -0.39 is 0 Å². The Kier molecular flexibility index (Phi) is 5.22. The van der Waals surface area contributed by atoms with Crippen LogP contribution in [0.3, 0.4) is 0 Å². The van der Waals surface area contributed by atoms with E-state index >= 15 is 0 Å². The summed E-state index contributed by atoms with van der Waals surface area (Å²) in [7, 11) is 3.19. The van der Waals surface area contributed by atoms with E-state index in [0.29, 0.717) is 16.6 Å². The third kappa shape index (κ3) is 3.39. The summed E-state index contributed by atoms with van der Waals surface area (Å²) in [6.45, 7) is 1.33. The van der Waals surface area contributed by atoms with Gasteiger partial charge in [0, 0.05) is 31.1 Å². The Morgan fingerprint density at radius 1 is 1.09 bits per heavy atom. The number of hydrogen-bond donors (Lipinski definition) is 2. The maximum absolute atomic E-state index is 13.7. The summed E-state index contributed by atoms with van der Waals surface area (Å²) in [4.78, 5) is 44.7. The number of benzene rings is 2. The van der Waals surface area contributed by atoms with E-state index in [-0.39, 0.29) is 46.7 Å². The SMILES string of the molecule is COc1c(C(=O)N(C)C2CNC2)[nH]c2c1c(=O)n(CC(=O)c1ccccc1)c1ccccc21. The molecule has 8 nitrogen and oxygen atoms in total. The minimum absolute atomic E-state index is 0.0884. The van der Waals surface area contributed by atoms with Gasteiger partial charge in [0.1, 0.15) is 11.1 Å². The van der Waals surface area contributed by atoms with Crippen LogP contribution in [0.15, 0.2) is 59.4 Å². The number of pyridine rings is 1. The molecule has 2 N–H and O–H groups in total. The number of H-pyrrole nitrogens is 1. The molecule has 3 heterocycles. The number of ketones is 1. The number of hydrogen-bond acceptors (Lipinski definition) is 5. The smallest absolute Gasteiger partial charge is 0.274 e. The van der Waals surface area contributed by atoms with Crippen molar-refractivity contribution in [3.05, 3.63) is 76.2 Å². The molecule has 2 aromatic carbocycles. The molecule has 0 unspecified atom stereocenters. The number of nitrogens with zero attached hydrogens (tertiary/aromatic N) is 2. The summed E-state index contributed by atoms with van der Waals surface area (Å²) in [6.07, 6.45) is 0. The molecular weight excluding hydrogens is 420 g/mol. The van der Waals surface area contributed by atoms with Gasteiger partial charge in [0.2, 0.25) is 0 Å². The fraction of sp³-hybridized carbons (Fsp3) is 0.240. The van der Waals surface area contributed by atoms with E-state index in [9.17, 15) is 14.4 Å². The molecule has 1 fully saturated rings. The third-order valence-corrected chi connectivity index (χ3v) is 6.32. The molecule has 1 saturated heterocycles. The van der Waals surface area contributed by atoms with Crippen molar-refractivity contribution < 1.29 is 14.3 Å². The molecule has 0 spiro atoms. The normalized spacial score (nSPS) is 13.8. The summed E-state index contributed by atoms with van der Waals surface area (Å²) in [5, 5.41) is 4.15. The summed E-state index contributed by atoms with van der Waals surface area (Å²) in [5.74, 6) is -0.221. The van der Waals surface area contributed by atoms with Gasteiger partial charge in [-0.3, -0.25) is 19.0 Å². The van der Waals surface area contributed by atoms with Crippen LogP contribution in [0.2, 0.25) is 0 Å². The molecule has 168 valence electrons. The highest BCUT2D eigenvalue weighted by Crippen LogP contribution is 2.33. The highest BCUT2D eigenvalue weighted by Gasteiger charge is 2.31. The number of likely N-dealkylation sites (N-methyl/N-ethyl adjacent to an activating group) is 1. The number of aromatic amines is 1. The predicted molar refractivity (Wildman–Crippen MR) is 126 cm³/mol. The first kappa shape index (κ1) is 21.0. The number of para-hydroxylation sites is 1. The lowest BCUT2D eigenvalue weighted by atomic mass is 10.1. The van der Waals surface area contributed by atoms with Crippen molar-refractivity contribution in [3.8, 4) is 5.75 Å². The van der Waals surface area contributed by atoms with Crippen LogP contribution in [0.5, 0.6) is 5.75 Å². The second kappa shape index (κ2) is 8.22. The Hall–Kier alpha value is -3.91. The molecule has 5 rings (SSSR count). The summed E-state index contributed by atoms with van der Waals surface area (Å²) in [5.41, 5.74) is 1.52. The summed E-state index contributed by atoms with van der Waals surface area (Å²) in [6, 6.07) is 16.3. The van der Waals surface area contributed by atoms with Crippen LogP contribution in [-0.4, -0.2) is 59.4 Å². The molecule has 0 bridgehead atoms. The minimum atomic E-state index is -0.381. The van der Waals surface area contributed by atoms with Gasteiger partial charge in [-0.1, -0.05) is 48.5 Å². The average molecular weight is 444 g/mol. The number of rotatable bonds is 6. The zero-order chi connectivity index (χ0) is 23.1. The first-order valence-electron chi connectivity index (χ1n) is 10.8. The third-order valence-electron chi connectivity index (χ3n) is 6.32. The fourth-order valence-electron chi connectivity index (χ4n) is 4.31. The van der Waals surface area contributed by atoms with Gasteiger partial charge in [0.25, 0.3) is 11.5 Å². The Morgan fingerprint density at radius 2 is 1.79 bits per heavy atom. The first-order valence-corrected chi connectivity index (χ1v) is 10.8. The first-order chi connectivity index (χ1) is 16.0. The monoisotopic (exact) mass is 444 g/mol. The number of ether oxygens (including phenoxy) is 1. The largest absolute Gasteiger partial charge is 0.493 e. The maximum Gasteiger partial charge on any atom is 0.274 e. The van der Waals surface area contributed by atoms with Crippen molar-refractivity contribution in [1.29, 1.82) is 0 Å². The van der Waals surface area contributed by atoms with Crippen LogP contribution >= 0.6 is 0 Å². The Bertz CT molecular complexity index is 1430. The van der Waals surface area contributed by atoms with Crippen molar-refractivity contribution >= 4 is 33.5 Å². The van der Waals surface area contributed by atoms with E-state index in [0.717, 1.165) is 18.5 Å². The lowest BCUT2D eigenvalue weighted by Gasteiger charge is -2.35. The molecule has 1 aliphatic heterocycles. The molecule has 8 heteroatoms. The molecule has 1 amide bonds. The van der Waals surface area contributed by atoms with Gasteiger partial charge in [0.05, 0.1) is 30.7 Å². The zero-order valence-corrected chi connectivity index (χ0v) is 18.4. The van der Waals surface area contributed by atoms with Gasteiger partial charge in [0.15, 0.2) is 11.5 Å². The number of nitrogens with one attached hydrogen (secondary N) is 2. The number of carbonyl (C=O) groups is 2. The number of Topliss-reactive ketones (excluding diaryl/α,β-unsaturated/α-hetero) is 1. The van der Waals surface area contributed by atoms with Gasteiger partial charge >= 0.3 is 0 Å². The van der Waals surface area contributed by atoms with Crippen molar-refractivity contribution in [2.24, 2.45) is 0 Å². The van der Waals surface area contributed by atoms with Crippen LogP contribution in [0.25, 0.3) is 21.8 Å². The van der Waals surface area contributed by atoms with Crippen LogP contribution < -0.4 is 15.6 Å². The van der Waals surface area contributed by atoms with Gasteiger partial charge in [-0.15, -0.1) is 0 Å². The number of carbonyl (C=O) groups excluding carboxylic acids is 2. The highest BCUT2D eigenvalue weighted by molar-refractivity contribution is 6.11. The van der Waals surface area contributed by atoms with E-state index in [1.54, 1.807) is 42.3 Å². The van der Waals surface area contributed by atoms with E-state index in [2.05, 4.69) is 10.3 Å². The maximum atomic E-state index is 13.7. The molecule has 33 heavy (non-hydrogen) atoms. The molecule has 0 aliphatic carbocycles. The molecule has 0 saturated carbocycles. The second-order valence-corrected chi connectivity index (χ2v) is 8.21. The number of amides is 1. The van der Waals surface area contributed by atoms with Crippen molar-refractivity contribution in [2.75, 3.05) is 27.2 Å². The average Bonchev–Trinajstić information content (AvgIpc) is 3.20. The molecule has 2 aromatic heterocycles. The second-order valence-electron chi connectivity index (χ2n) is 8.21. The fourth-order valence-corrected chi connectivity index (χ4v) is 4.31. The van der Waals surface area contributed by atoms with Crippen LogP contribution in [-0.2, 0) is 6.54 Å². The Morgan fingerprint density at radius 3 is 2.45 bits per heavy atom. The minimum Gasteiger partial charge on any atom is -0.493 e. The van der Waals surface area contributed by atoms with Crippen molar-refractivity contribution in [1.82, 2.24) is 19.8 Å². The molecule has 1 aliphatic rings. The zero-order valence-electron chi connectivity index (χ0n) is 18.4. The molecule has 0 atom stereocenters. The highest BCUT2D eigenvalue weighted by atomic mass is 16.5. The summed E-state index contributed by atoms with van der Waals surface area (Å²) < 4.78 is 7.04. The van der Waals surface area contributed by atoms with E-state index in [1.165, 1.54) is 11.7 Å². The summed E-state index contributed by atoms with van der Waals surface area (Å²) >= 11 is 0. The van der Waals surface area contributed by atoms with Gasteiger partial charge < -0.3 is 19.9 Å². The van der Waals surface area contributed by atoms with E-state index in [1.807, 2.05) is 24.3 Å². The number of methoxy groups -OCH3 is 1. The Balaban J connectivity index is 1.70. The lowest BCUT2D eigenvalue weighted by molar-refractivity contribution is 0.0672. The van der Waals surface area contributed by atoms with Crippen molar-refractivity contribution in [2.45, 2.75) is 12.6 Å². The Labute approximate surface area is 189 Å². The predicted octanol–water partition coefficient (Wildman–Crippen LogP) is 2.42. The standard InChI is InChI=1S/C25H24N4O4/c1-28(16-12-26-13-16)25(32)22-23(33-2)20-21(27-22)17-10-6-7-11-18(17)29(24(20)31)14-19(30)15-8-4-3-5-9-15/h3-11,16,26-27H,12-14H2,1-2H3. The van der Waals surface area contributed by atoms with Crippen LogP contribution in [0.4, 0.5) is 0 Å². The van der Waals surface area contributed by atoms with Gasteiger partial charge in [-0.25, -0.2) is 0 Å². The van der Waals surface area contributed by atoms with Crippen LogP contribution in [0, 0.1) is 0 Å². The molecule has 4 aromatic rings. The lowest BCUT2D eigenvalue weighted by Crippen LogP contribution is -2.57. The molecule has 0 radical (unpaired) electrons. The quantitative estimate of drug-likeness (QED) is 0.445. The topological polar surface area (TPSA) is 96.4 Å². The van der Waals surface area contributed by atoms with Gasteiger partial charge in [-0.05, 0) is 6.07 Å². The number of aromatic nitrogens is 2. The van der Waals surface area contributed by atoms with E-state index in [4.69, 9.17) is 4.74 Å². The van der Waals surface area contributed by atoms with Gasteiger partial charge in [-0.2, -0.15) is 0 Å². The van der Waals surface area contributed by atoms with Crippen molar-refractivity contribution in [3.63, 3.8) is 0 Å². The number of fused-ring (bicyclic) bond motifs is 3. The molecular formula is C25H24N4O4. The van der Waals surface area contributed by atoms with Crippen LogP contribution in [0.1, 0.15) is 20.8 Å².